The van der Waals surface area contributed by atoms with Crippen LogP contribution in [0.2, 0.25) is 0 Å². The van der Waals surface area contributed by atoms with Crippen molar-refractivity contribution in [3.63, 3.8) is 0 Å². The summed E-state index contributed by atoms with van der Waals surface area (Å²) >= 11 is 0. The van der Waals surface area contributed by atoms with Gasteiger partial charge in [0.05, 0.1) is 24.7 Å². The zero-order chi connectivity index (χ0) is 36.3. The van der Waals surface area contributed by atoms with Crippen molar-refractivity contribution < 1.29 is 82.4 Å². The van der Waals surface area contributed by atoms with Gasteiger partial charge in [-0.2, -0.15) is 39.5 Å². The normalized spacial score (nSPS) is 18.2. The zero-order valence-electron chi connectivity index (χ0n) is 23.6. The van der Waals surface area contributed by atoms with Crippen LogP contribution in [-0.2, 0) is 42.1 Å². The number of sulfone groups is 1. The number of ether oxygens (including phenoxy) is 1. The van der Waals surface area contributed by atoms with Crippen LogP contribution in [0.5, 0.6) is 0 Å². The van der Waals surface area contributed by atoms with Gasteiger partial charge >= 0.3 is 36.4 Å². The van der Waals surface area contributed by atoms with E-state index in [-0.39, 0.29) is 11.7 Å². The molecular formula is C25H26F9N3O9S. The van der Waals surface area contributed by atoms with Crippen LogP contribution in [0.15, 0.2) is 48.9 Å². The van der Waals surface area contributed by atoms with Crippen molar-refractivity contribution in [1.82, 2.24) is 14.9 Å². The Morgan fingerprint density at radius 3 is 1.77 bits per heavy atom. The number of carboxylic acid groups (broad SMARTS) is 3. The monoisotopic (exact) mass is 715 g/mol. The smallest absolute Gasteiger partial charge is 0.475 e. The van der Waals surface area contributed by atoms with Gasteiger partial charge in [0.15, 0.2) is 9.84 Å². The van der Waals surface area contributed by atoms with Gasteiger partial charge in [-0.15, -0.1) is 0 Å². The van der Waals surface area contributed by atoms with Gasteiger partial charge in [-0.25, -0.2) is 22.8 Å². The molecule has 0 aliphatic carbocycles. The van der Waals surface area contributed by atoms with Gasteiger partial charge in [-0.1, -0.05) is 12.1 Å². The molecule has 2 fully saturated rings. The summed E-state index contributed by atoms with van der Waals surface area (Å²) in [6.45, 7) is 2.81. The second-order valence-electron chi connectivity index (χ2n) is 9.62. The number of hydrogen-bond donors (Lipinski definition) is 3. The number of carboxylic acids is 3. The van der Waals surface area contributed by atoms with Crippen LogP contribution in [0, 0.1) is 5.92 Å². The average molecular weight is 716 g/mol. The zero-order valence-corrected chi connectivity index (χ0v) is 24.4. The summed E-state index contributed by atoms with van der Waals surface area (Å²) in [7, 11) is -3.07. The lowest BCUT2D eigenvalue weighted by atomic mass is 9.83. The van der Waals surface area contributed by atoms with E-state index in [4.69, 9.17) is 34.4 Å². The summed E-state index contributed by atoms with van der Waals surface area (Å²) in [4.78, 5) is 37.2. The molecule has 0 saturated carbocycles. The van der Waals surface area contributed by atoms with Gasteiger partial charge < -0.3 is 20.1 Å². The number of nitrogens with zero attached hydrogens (tertiary/aromatic N) is 3. The minimum atomic E-state index is -5.08. The molecule has 264 valence electrons. The van der Waals surface area contributed by atoms with Crippen molar-refractivity contribution in [3.05, 3.63) is 60.2 Å². The Bertz CT molecular complexity index is 1360. The van der Waals surface area contributed by atoms with Crippen LogP contribution in [0.3, 0.4) is 0 Å². The number of halogens is 9. The molecule has 22 heteroatoms. The lowest BCUT2D eigenvalue weighted by molar-refractivity contribution is -0.193. The van der Waals surface area contributed by atoms with Crippen LogP contribution in [0.25, 0.3) is 0 Å². The van der Waals surface area contributed by atoms with Crippen LogP contribution < -0.4 is 0 Å². The standard InChI is InChI=1S/C19H23N3O3S.3C2HF3O2/c23-26(24)9-6-17(12-25-13-18-5-1-2-8-21-18)19(26)14-22(15-19)11-16-4-3-7-20-10-16;3*3-2(4,5)1(6)7/h1-5,7-8,10,17H,6,9,11-15H2;3*(H,6,7). The minimum absolute atomic E-state index is 0.0568. The Balaban J connectivity index is 0.000000430. The first-order valence-electron chi connectivity index (χ1n) is 12.6. The van der Waals surface area contributed by atoms with E-state index in [1.807, 2.05) is 36.5 Å². The number of hydrogen-bond acceptors (Lipinski definition) is 9. The molecule has 2 aromatic heterocycles. The molecule has 4 heterocycles. The van der Waals surface area contributed by atoms with Gasteiger partial charge in [-0.05, 0) is 30.2 Å². The Labute approximate surface area is 259 Å². The molecule has 0 bridgehead atoms. The van der Waals surface area contributed by atoms with Crippen molar-refractivity contribution in [3.8, 4) is 0 Å². The van der Waals surface area contributed by atoms with Crippen molar-refractivity contribution >= 4 is 27.7 Å². The third-order valence-electron chi connectivity index (χ3n) is 6.23. The molecule has 47 heavy (non-hydrogen) atoms. The van der Waals surface area contributed by atoms with Gasteiger partial charge in [0.25, 0.3) is 0 Å². The highest BCUT2D eigenvalue weighted by Gasteiger charge is 2.61. The van der Waals surface area contributed by atoms with Crippen molar-refractivity contribution in [2.75, 3.05) is 25.4 Å². The fourth-order valence-electron chi connectivity index (χ4n) is 4.07. The number of aliphatic carboxylic acids is 3. The summed E-state index contributed by atoms with van der Waals surface area (Å²) < 4.78 is 126. The Morgan fingerprint density at radius 1 is 0.851 bits per heavy atom. The molecule has 1 spiro atoms. The topological polar surface area (TPSA) is 184 Å². The molecule has 2 aliphatic heterocycles. The molecule has 0 radical (unpaired) electrons. The van der Waals surface area contributed by atoms with E-state index in [9.17, 15) is 47.9 Å². The summed E-state index contributed by atoms with van der Waals surface area (Å²) in [5.74, 6) is -7.94. The Kier molecular flexibility index (Phi) is 14.5. The highest BCUT2D eigenvalue weighted by atomic mass is 32.2. The van der Waals surface area contributed by atoms with E-state index in [0.29, 0.717) is 32.7 Å². The predicted molar refractivity (Wildman–Crippen MR) is 139 cm³/mol. The lowest BCUT2D eigenvalue weighted by Crippen LogP contribution is -2.67. The third-order valence-corrected chi connectivity index (χ3v) is 8.84. The van der Waals surface area contributed by atoms with Crippen LogP contribution in [0.4, 0.5) is 39.5 Å². The van der Waals surface area contributed by atoms with Crippen molar-refractivity contribution in [1.29, 1.82) is 0 Å². The highest BCUT2D eigenvalue weighted by Crippen LogP contribution is 2.45. The summed E-state index contributed by atoms with van der Waals surface area (Å²) in [6, 6.07) is 9.64. The molecule has 3 N–H and O–H groups in total. The second-order valence-corrected chi connectivity index (χ2v) is 12.1. The maximum Gasteiger partial charge on any atom is 0.490 e. The van der Waals surface area contributed by atoms with Crippen molar-refractivity contribution in [2.24, 2.45) is 5.92 Å². The Morgan fingerprint density at radius 2 is 1.36 bits per heavy atom. The summed E-state index contributed by atoms with van der Waals surface area (Å²) in [5, 5.41) is 21.4. The molecule has 2 aliphatic rings. The fraction of sp³-hybridized carbons (Fsp3) is 0.480. The number of likely N-dealkylation sites (tertiary alicyclic amines) is 1. The quantitative estimate of drug-likeness (QED) is 0.370. The molecule has 4 rings (SSSR count). The van der Waals surface area contributed by atoms with E-state index in [0.717, 1.165) is 17.8 Å². The third kappa shape index (κ3) is 13.3. The largest absolute Gasteiger partial charge is 0.490 e. The van der Waals surface area contributed by atoms with Gasteiger partial charge in [0.1, 0.15) is 4.75 Å². The summed E-state index contributed by atoms with van der Waals surface area (Å²) in [5.41, 5.74) is 1.98. The van der Waals surface area contributed by atoms with E-state index in [1.54, 1.807) is 12.4 Å². The molecule has 12 nitrogen and oxygen atoms in total. The minimum Gasteiger partial charge on any atom is -0.475 e. The number of pyridine rings is 2. The number of alkyl halides is 9. The highest BCUT2D eigenvalue weighted by molar-refractivity contribution is 7.93. The maximum absolute atomic E-state index is 12.7. The number of aromatic nitrogens is 2. The van der Waals surface area contributed by atoms with Crippen molar-refractivity contribution in [2.45, 2.75) is 42.8 Å². The predicted octanol–water partition coefficient (Wildman–Crippen LogP) is 3.58. The van der Waals surface area contributed by atoms with Crippen LogP contribution in [0.1, 0.15) is 17.7 Å². The first kappa shape index (κ1) is 41.0. The van der Waals surface area contributed by atoms with E-state index < -0.39 is 51.0 Å². The first-order chi connectivity index (χ1) is 21.4. The molecule has 0 aromatic carbocycles. The SMILES string of the molecule is O=C(O)C(F)(F)F.O=C(O)C(F)(F)F.O=C(O)C(F)(F)F.O=S1(=O)CCC(COCc2ccccn2)C12CN(Cc1cccnc1)C2. The summed E-state index contributed by atoms with van der Waals surface area (Å²) in [6.07, 6.45) is -9.24. The molecular weight excluding hydrogens is 689 g/mol. The van der Waals surface area contributed by atoms with E-state index in [2.05, 4.69) is 14.9 Å². The van der Waals surface area contributed by atoms with Gasteiger partial charge in [0, 0.05) is 44.1 Å². The van der Waals surface area contributed by atoms with Crippen LogP contribution >= 0.6 is 0 Å². The number of rotatable bonds is 6. The lowest BCUT2D eigenvalue weighted by Gasteiger charge is -2.50. The van der Waals surface area contributed by atoms with E-state index >= 15 is 0 Å². The Hall–Kier alpha value is -4.05. The number of carbonyl (C=O) groups is 3. The van der Waals surface area contributed by atoms with Crippen LogP contribution in [-0.4, -0.2) is 105 Å². The molecule has 1 unspecified atom stereocenters. The molecule has 2 aromatic rings. The fourth-order valence-corrected chi connectivity index (χ4v) is 6.52. The average Bonchev–Trinajstić information content (AvgIpc) is 3.19. The van der Waals surface area contributed by atoms with Gasteiger partial charge in [-0.3, -0.25) is 14.9 Å². The second kappa shape index (κ2) is 16.7. The van der Waals surface area contributed by atoms with Gasteiger partial charge in [0.2, 0.25) is 0 Å². The first-order valence-corrected chi connectivity index (χ1v) is 14.3. The van der Waals surface area contributed by atoms with E-state index in [1.165, 1.54) is 0 Å². The molecule has 1 atom stereocenters. The molecule has 2 saturated heterocycles. The molecule has 0 amide bonds. The maximum atomic E-state index is 12.7.